The Labute approximate surface area is 92.5 Å². The van der Waals surface area contributed by atoms with Crippen molar-refractivity contribution in [3.8, 4) is 0 Å². The van der Waals surface area contributed by atoms with E-state index >= 15 is 0 Å². The second-order valence-corrected chi connectivity index (χ2v) is 4.11. The average Bonchev–Trinajstić information content (AvgIpc) is 2.15. The van der Waals surface area contributed by atoms with Crippen molar-refractivity contribution in [3.63, 3.8) is 0 Å². The van der Waals surface area contributed by atoms with Gasteiger partial charge in [-0.15, -0.1) is 0 Å². The lowest BCUT2D eigenvalue weighted by molar-refractivity contribution is -0.145. The second-order valence-electron chi connectivity index (χ2n) is 4.11. The van der Waals surface area contributed by atoms with Gasteiger partial charge in [0.15, 0.2) is 0 Å². The van der Waals surface area contributed by atoms with Gasteiger partial charge in [0.1, 0.15) is 0 Å². The van der Waals surface area contributed by atoms with Crippen LogP contribution in [0.4, 0.5) is 0 Å². The van der Waals surface area contributed by atoms with Gasteiger partial charge in [-0.05, 0) is 20.9 Å². The molecule has 0 amide bonds. The third kappa shape index (κ3) is 7.33. The Bertz CT molecular complexity index is 183. The third-order valence-electron chi connectivity index (χ3n) is 2.11. The number of carbonyl (C=O) groups is 1. The largest absolute Gasteiger partial charge is 0.469 e. The van der Waals surface area contributed by atoms with Gasteiger partial charge in [0, 0.05) is 13.1 Å². The maximum absolute atomic E-state index is 11.1. The van der Waals surface area contributed by atoms with E-state index in [1.807, 2.05) is 27.8 Å². The molecule has 90 valence electrons. The molecular weight excluding hydrogens is 194 g/mol. The zero-order valence-electron chi connectivity index (χ0n) is 10.4. The van der Waals surface area contributed by atoms with E-state index in [1.165, 1.54) is 7.11 Å². The molecule has 0 fully saturated rings. The third-order valence-corrected chi connectivity index (χ3v) is 2.11. The van der Waals surface area contributed by atoms with Gasteiger partial charge in [-0.25, -0.2) is 0 Å². The fraction of sp³-hybridized carbons (Fsp3) is 0.909. The summed E-state index contributed by atoms with van der Waals surface area (Å²) in [5.41, 5.74) is 0. The Morgan fingerprint density at radius 1 is 1.33 bits per heavy atom. The van der Waals surface area contributed by atoms with E-state index in [0.717, 1.165) is 6.54 Å². The molecule has 0 saturated carbocycles. The van der Waals surface area contributed by atoms with E-state index in [2.05, 4.69) is 9.64 Å². The Morgan fingerprint density at radius 2 is 1.93 bits per heavy atom. The number of likely N-dealkylation sites (N-methyl/N-ethyl adjacent to an activating group) is 1. The maximum Gasteiger partial charge on any atom is 0.309 e. The van der Waals surface area contributed by atoms with Gasteiger partial charge in [0.25, 0.3) is 0 Å². The van der Waals surface area contributed by atoms with Crippen LogP contribution in [0.25, 0.3) is 0 Å². The standard InChI is InChI=1S/C11H23NO3/c1-9(2)15-7-6-12(4)8-10(3)11(13)14-5/h9-10H,6-8H2,1-5H3. The quantitative estimate of drug-likeness (QED) is 0.600. The fourth-order valence-electron chi connectivity index (χ4n) is 1.28. The van der Waals surface area contributed by atoms with Crippen LogP contribution < -0.4 is 0 Å². The molecule has 0 spiro atoms. The molecule has 1 unspecified atom stereocenters. The molecule has 0 radical (unpaired) electrons. The van der Waals surface area contributed by atoms with Gasteiger partial charge in [0.2, 0.25) is 0 Å². The van der Waals surface area contributed by atoms with Crippen LogP contribution in [-0.2, 0) is 14.3 Å². The first-order valence-corrected chi connectivity index (χ1v) is 5.35. The lowest BCUT2D eigenvalue weighted by Gasteiger charge is -2.20. The summed E-state index contributed by atoms with van der Waals surface area (Å²) in [5.74, 6) is -0.245. The predicted octanol–water partition coefficient (Wildman–Crippen LogP) is 1.15. The first kappa shape index (κ1) is 14.4. The molecule has 0 saturated heterocycles. The maximum atomic E-state index is 11.1. The van der Waals surface area contributed by atoms with Crippen molar-refractivity contribution in [2.45, 2.75) is 26.9 Å². The molecule has 0 rings (SSSR count). The van der Waals surface area contributed by atoms with Crippen molar-refractivity contribution < 1.29 is 14.3 Å². The molecule has 15 heavy (non-hydrogen) atoms. The molecule has 0 aliphatic carbocycles. The zero-order valence-corrected chi connectivity index (χ0v) is 10.4. The molecule has 0 N–H and O–H groups in total. The Morgan fingerprint density at radius 3 is 2.40 bits per heavy atom. The van der Waals surface area contributed by atoms with Crippen molar-refractivity contribution in [2.24, 2.45) is 5.92 Å². The molecule has 0 aromatic heterocycles. The van der Waals surface area contributed by atoms with Crippen LogP contribution in [0.15, 0.2) is 0 Å². The highest BCUT2D eigenvalue weighted by Gasteiger charge is 2.14. The number of rotatable bonds is 7. The summed E-state index contributed by atoms with van der Waals surface area (Å²) in [6.45, 7) is 8.12. The zero-order chi connectivity index (χ0) is 11.8. The molecule has 1 atom stereocenters. The number of hydrogen-bond acceptors (Lipinski definition) is 4. The number of esters is 1. The van der Waals surface area contributed by atoms with E-state index in [0.29, 0.717) is 13.2 Å². The number of ether oxygens (including phenoxy) is 2. The first-order valence-electron chi connectivity index (χ1n) is 5.35. The highest BCUT2D eigenvalue weighted by Crippen LogP contribution is 2.00. The highest BCUT2D eigenvalue weighted by molar-refractivity contribution is 5.71. The Kier molecular flexibility index (Phi) is 7.34. The molecular formula is C11H23NO3. The van der Waals surface area contributed by atoms with Gasteiger partial charge in [0.05, 0.1) is 25.7 Å². The summed E-state index contributed by atoms with van der Waals surface area (Å²) >= 11 is 0. The van der Waals surface area contributed by atoms with Crippen molar-refractivity contribution in [1.82, 2.24) is 4.90 Å². The van der Waals surface area contributed by atoms with Crippen LogP contribution in [0.2, 0.25) is 0 Å². The molecule has 0 aliphatic rings. The van der Waals surface area contributed by atoms with Crippen LogP contribution in [0.3, 0.4) is 0 Å². The number of methoxy groups -OCH3 is 1. The Balaban J connectivity index is 3.64. The molecule has 0 aromatic rings. The van der Waals surface area contributed by atoms with Crippen LogP contribution in [0.5, 0.6) is 0 Å². The highest BCUT2D eigenvalue weighted by atomic mass is 16.5. The molecule has 0 bridgehead atoms. The summed E-state index contributed by atoms with van der Waals surface area (Å²) in [6.07, 6.45) is 0.261. The van der Waals surface area contributed by atoms with E-state index in [4.69, 9.17) is 4.74 Å². The van der Waals surface area contributed by atoms with Gasteiger partial charge in [-0.2, -0.15) is 0 Å². The SMILES string of the molecule is COC(=O)C(C)CN(C)CCOC(C)C. The molecule has 4 nitrogen and oxygen atoms in total. The molecule has 0 heterocycles. The van der Waals surface area contributed by atoms with Crippen LogP contribution in [0.1, 0.15) is 20.8 Å². The lowest BCUT2D eigenvalue weighted by Crippen LogP contribution is -2.32. The van der Waals surface area contributed by atoms with Gasteiger partial charge >= 0.3 is 5.97 Å². The van der Waals surface area contributed by atoms with E-state index in [9.17, 15) is 4.79 Å². The average molecular weight is 217 g/mol. The summed E-state index contributed by atoms with van der Waals surface area (Å²) in [5, 5.41) is 0. The van der Waals surface area contributed by atoms with Crippen molar-refractivity contribution in [3.05, 3.63) is 0 Å². The second kappa shape index (κ2) is 7.65. The van der Waals surface area contributed by atoms with Crippen molar-refractivity contribution in [2.75, 3.05) is 33.9 Å². The monoisotopic (exact) mass is 217 g/mol. The van der Waals surface area contributed by atoms with Gasteiger partial charge in [-0.1, -0.05) is 6.92 Å². The van der Waals surface area contributed by atoms with Crippen LogP contribution >= 0.6 is 0 Å². The Hall–Kier alpha value is -0.610. The van der Waals surface area contributed by atoms with Crippen LogP contribution in [-0.4, -0.2) is 50.8 Å². The fourth-order valence-corrected chi connectivity index (χ4v) is 1.28. The summed E-state index contributed by atoms with van der Waals surface area (Å²) in [7, 11) is 3.39. The molecule has 4 heteroatoms. The number of hydrogen-bond donors (Lipinski definition) is 0. The molecule has 0 aliphatic heterocycles. The smallest absolute Gasteiger partial charge is 0.309 e. The number of nitrogens with zero attached hydrogens (tertiary/aromatic N) is 1. The minimum Gasteiger partial charge on any atom is -0.469 e. The first-order chi connectivity index (χ1) is 6.97. The van der Waals surface area contributed by atoms with E-state index < -0.39 is 0 Å². The topological polar surface area (TPSA) is 38.8 Å². The minimum atomic E-state index is -0.161. The van der Waals surface area contributed by atoms with Gasteiger partial charge in [-0.3, -0.25) is 4.79 Å². The van der Waals surface area contributed by atoms with Crippen molar-refractivity contribution in [1.29, 1.82) is 0 Å². The normalized spacial score (nSPS) is 13.3. The van der Waals surface area contributed by atoms with Gasteiger partial charge < -0.3 is 14.4 Å². The van der Waals surface area contributed by atoms with Crippen molar-refractivity contribution >= 4 is 5.97 Å². The minimum absolute atomic E-state index is 0.0842. The summed E-state index contributed by atoms with van der Waals surface area (Å²) in [6, 6.07) is 0. The number of carbonyl (C=O) groups excluding carboxylic acids is 1. The lowest BCUT2D eigenvalue weighted by atomic mass is 10.2. The van der Waals surface area contributed by atoms with E-state index in [-0.39, 0.29) is 18.0 Å². The predicted molar refractivity (Wildman–Crippen MR) is 59.8 cm³/mol. The molecule has 0 aromatic carbocycles. The summed E-state index contributed by atoms with van der Waals surface area (Å²) in [4.78, 5) is 13.2. The summed E-state index contributed by atoms with van der Waals surface area (Å²) < 4.78 is 10.1. The van der Waals surface area contributed by atoms with E-state index in [1.54, 1.807) is 0 Å². The van der Waals surface area contributed by atoms with Crippen LogP contribution in [0, 0.1) is 5.92 Å².